The zero-order valence-electron chi connectivity index (χ0n) is 22.0. The molecule has 2 aromatic carbocycles. The molecule has 3 atom stereocenters. The summed E-state index contributed by atoms with van der Waals surface area (Å²) in [5.41, 5.74) is 2.48. The van der Waals surface area contributed by atoms with Crippen LogP contribution in [-0.4, -0.2) is 77.0 Å². The number of carbonyl (C=O) groups excluding carboxylic acids is 3. The average molecular weight is 531 g/mol. The summed E-state index contributed by atoms with van der Waals surface area (Å²) in [4.78, 5) is 40.6. The second-order valence-electron chi connectivity index (χ2n) is 9.58. The highest BCUT2D eigenvalue weighted by molar-refractivity contribution is 5.96. The van der Waals surface area contributed by atoms with Crippen molar-refractivity contribution in [2.75, 3.05) is 26.2 Å². The van der Waals surface area contributed by atoms with Gasteiger partial charge < -0.3 is 25.5 Å². The van der Waals surface area contributed by atoms with Gasteiger partial charge in [-0.15, -0.1) is 0 Å². The molecule has 1 heterocycles. The highest BCUT2D eigenvalue weighted by Gasteiger charge is 2.36. The van der Waals surface area contributed by atoms with Gasteiger partial charge in [-0.3, -0.25) is 14.4 Å². The molecule has 3 amide bonds. The van der Waals surface area contributed by atoms with Gasteiger partial charge in [0.15, 0.2) is 0 Å². The lowest BCUT2D eigenvalue weighted by Crippen LogP contribution is -2.60. The highest BCUT2D eigenvalue weighted by atomic mass is 19.1. The summed E-state index contributed by atoms with van der Waals surface area (Å²) in [5.74, 6) is -2.71. The molecule has 1 saturated heterocycles. The average Bonchev–Trinajstić information content (AvgIpc) is 2.86. The maximum atomic E-state index is 13.8. The minimum atomic E-state index is -1.10. The molecule has 38 heavy (non-hydrogen) atoms. The number of aryl methyl sites for hydroxylation is 1. The zero-order chi connectivity index (χ0) is 27.8. The highest BCUT2D eigenvalue weighted by Crippen LogP contribution is 2.14. The largest absolute Gasteiger partial charge is 0.390 e. The second kappa shape index (κ2) is 13.4. The third-order valence-electron chi connectivity index (χ3n) is 6.73. The molecule has 1 aliphatic heterocycles. The smallest absolute Gasteiger partial charge is 0.246 e. The summed E-state index contributed by atoms with van der Waals surface area (Å²) in [6.45, 7) is 5.84. The van der Waals surface area contributed by atoms with Crippen LogP contribution < -0.4 is 10.6 Å². The Morgan fingerprint density at radius 3 is 2.42 bits per heavy atom. The van der Waals surface area contributed by atoms with E-state index in [4.69, 9.17) is 0 Å². The van der Waals surface area contributed by atoms with Crippen LogP contribution in [0.1, 0.15) is 37.5 Å². The number of carbonyl (C=O) groups is 3. The van der Waals surface area contributed by atoms with Crippen molar-refractivity contribution in [2.24, 2.45) is 0 Å². The Kier molecular flexibility index (Phi) is 10.3. The van der Waals surface area contributed by atoms with E-state index in [1.165, 1.54) is 15.4 Å². The maximum absolute atomic E-state index is 13.8. The Morgan fingerprint density at radius 1 is 1.08 bits per heavy atom. The molecule has 0 aliphatic carbocycles. The standard InChI is InChI=1S/C28H36F2N4O4/c1-4-19-7-6-8-20(9-19)14-31-15-25(35)24(12-21-10-22(29)13-23(30)11-21)32-26(36)16-33-17-27(37)34(5-2)18(3)28(33)38/h6-11,13,18,24-25,31,35H,4-5,12,14-17H2,1-3H3,(H,32,36)/t18-,24-,25-/m0/s1. The number of piperazine rings is 1. The van der Waals surface area contributed by atoms with E-state index in [1.54, 1.807) is 13.8 Å². The van der Waals surface area contributed by atoms with E-state index in [-0.39, 0.29) is 43.4 Å². The van der Waals surface area contributed by atoms with E-state index in [9.17, 15) is 28.3 Å². The lowest BCUT2D eigenvalue weighted by atomic mass is 10.0. The van der Waals surface area contributed by atoms with Gasteiger partial charge in [-0.2, -0.15) is 0 Å². The van der Waals surface area contributed by atoms with Crippen LogP contribution in [0.3, 0.4) is 0 Å². The minimum Gasteiger partial charge on any atom is -0.390 e. The van der Waals surface area contributed by atoms with E-state index in [2.05, 4.69) is 23.6 Å². The molecule has 1 fully saturated rings. The molecule has 0 unspecified atom stereocenters. The molecule has 0 saturated carbocycles. The minimum absolute atomic E-state index is 0.0402. The van der Waals surface area contributed by atoms with E-state index in [0.717, 1.165) is 30.2 Å². The van der Waals surface area contributed by atoms with Crippen LogP contribution in [0, 0.1) is 11.6 Å². The Hall–Kier alpha value is -3.37. The van der Waals surface area contributed by atoms with Gasteiger partial charge in [0, 0.05) is 25.7 Å². The molecular formula is C28H36F2N4O4. The summed E-state index contributed by atoms with van der Waals surface area (Å²) in [6, 6.07) is 9.47. The van der Waals surface area contributed by atoms with Crippen LogP contribution in [0.4, 0.5) is 8.78 Å². The lowest BCUT2D eigenvalue weighted by molar-refractivity contribution is -0.156. The number of aliphatic hydroxyl groups excluding tert-OH is 1. The van der Waals surface area contributed by atoms with E-state index >= 15 is 0 Å². The Bertz CT molecular complexity index is 1130. The molecule has 0 bridgehead atoms. The van der Waals surface area contributed by atoms with Crippen molar-refractivity contribution in [3.63, 3.8) is 0 Å². The van der Waals surface area contributed by atoms with Gasteiger partial charge in [0.25, 0.3) is 0 Å². The third-order valence-corrected chi connectivity index (χ3v) is 6.73. The molecule has 0 radical (unpaired) electrons. The summed E-state index contributed by atoms with van der Waals surface area (Å²) < 4.78 is 27.6. The van der Waals surface area contributed by atoms with Gasteiger partial charge in [0.1, 0.15) is 30.8 Å². The molecule has 1 aliphatic rings. The monoisotopic (exact) mass is 530 g/mol. The zero-order valence-corrected chi connectivity index (χ0v) is 22.0. The van der Waals surface area contributed by atoms with E-state index in [0.29, 0.717) is 13.1 Å². The number of rotatable bonds is 12. The fourth-order valence-corrected chi connectivity index (χ4v) is 4.69. The molecule has 8 nitrogen and oxygen atoms in total. The normalized spacial score (nSPS) is 17.5. The quantitative estimate of drug-likeness (QED) is 0.389. The topological polar surface area (TPSA) is 102 Å². The number of amides is 3. The van der Waals surface area contributed by atoms with Crippen molar-refractivity contribution in [2.45, 2.75) is 58.3 Å². The van der Waals surface area contributed by atoms with Crippen molar-refractivity contribution >= 4 is 17.7 Å². The van der Waals surface area contributed by atoms with Crippen LogP contribution in [0.25, 0.3) is 0 Å². The first-order chi connectivity index (χ1) is 18.1. The van der Waals surface area contributed by atoms with Crippen molar-refractivity contribution in [3.8, 4) is 0 Å². The lowest BCUT2D eigenvalue weighted by Gasteiger charge is -2.38. The predicted octanol–water partition coefficient (Wildman–Crippen LogP) is 1.78. The van der Waals surface area contributed by atoms with Gasteiger partial charge >= 0.3 is 0 Å². The molecule has 10 heteroatoms. The number of halogens is 2. The van der Waals surface area contributed by atoms with Crippen molar-refractivity contribution in [1.82, 2.24) is 20.4 Å². The van der Waals surface area contributed by atoms with Gasteiger partial charge in [-0.25, -0.2) is 8.78 Å². The fourth-order valence-electron chi connectivity index (χ4n) is 4.69. The van der Waals surface area contributed by atoms with Crippen LogP contribution >= 0.6 is 0 Å². The number of aliphatic hydroxyl groups is 1. The molecule has 206 valence electrons. The van der Waals surface area contributed by atoms with E-state index < -0.39 is 35.7 Å². The van der Waals surface area contributed by atoms with Crippen molar-refractivity contribution in [1.29, 1.82) is 0 Å². The first-order valence-electron chi connectivity index (χ1n) is 12.9. The predicted molar refractivity (Wildman–Crippen MR) is 139 cm³/mol. The number of benzene rings is 2. The first kappa shape index (κ1) is 29.2. The Morgan fingerprint density at radius 2 is 1.76 bits per heavy atom. The maximum Gasteiger partial charge on any atom is 0.246 e. The molecule has 0 spiro atoms. The summed E-state index contributed by atoms with van der Waals surface area (Å²) in [5, 5.41) is 16.8. The second-order valence-corrected chi connectivity index (χ2v) is 9.58. The van der Waals surface area contributed by atoms with Gasteiger partial charge in [0.2, 0.25) is 17.7 Å². The number of nitrogens with one attached hydrogen (secondary N) is 2. The number of hydrogen-bond donors (Lipinski definition) is 3. The van der Waals surface area contributed by atoms with E-state index in [1.807, 2.05) is 18.2 Å². The summed E-state index contributed by atoms with van der Waals surface area (Å²) in [7, 11) is 0. The van der Waals surface area contributed by atoms with Crippen LogP contribution in [-0.2, 0) is 33.8 Å². The first-order valence-corrected chi connectivity index (χ1v) is 12.9. The van der Waals surface area contributed by atoms with Crippen LogP contribution in [0.15, 0.2) is 42.5 Å². The molecule has 3 rings (SSSR count). The molecule has 0 aromatic heterocycles. The molecule has 2 aromatic rings. The van der Waals surface area contributed by atoms with Crippen LogP contribution in [0.2, 0.25) is 0 Å². The fraction of sp³-hybridized carbons (Fsp3) is 0.464. The van der Waals surface area contributed by atoms with Gasteiger partial charge in [-0.05, 0) is 55.5 Å². The summed E-state index contributed by atoms with van der Waals surface area (Å²) in [6.07, 6.45) is -0.246. The van der Waals surface area contributed by atoms with Crippen molar-refractivity contribution < 1.29 is 28.3 Å². The van der Waals surface area contributed by atoms with Gasteiger partial charge in [0.05, 0.1) is 12.1 Å². The summed E-state index contributed by atoms with van der Waals surface area (Å²) >= 11 is 0. The Labute approximate surface area is 222 Å². The number of hydrogen-bond acceptors (Lipinski definition) is 5. The Balaban J connectivity index is 1.67. The van der Waals surface area contributed by atoms with Gasteiger partial charge in [-0.1, -0.05) is 31.2 Å². The van der Waals surface area contributed by atoms with Crippen molar-refractivity contribution in [3.05, 3.63) is 70.8 Å². The molecule has 3 N–H and O–H groups in total. The van der Waals surface area contributed by atoms with Crippen LogP contribution in [0.5, 0.6) is 0 Å². The molecular weight excluding hydrogens is 494 g/mol. The SMILES string of the molecule is CCc1cccc(CNC[C@H](O)[C@H](Cc2cc(F)cc(F)c2)NC(=O)CN2CC(=O)N(CC)[C@@H](C)C2=O)c1. The number of nitrogens with zero attached hydrogens (tertiary/aromatic N) is 2. The third kappa shape index (κ3) is 7.82. The number of likely N-dealkylation sites (N-methyl/N-ethyl adjacent to an activating group) is 1.